The highest BCUT2D eigenvalue weighted by atomic mass is 16.5. The molecule has 0 amide bonds. The number of ether oxygens (including phenoxy) is 2. The van der Waals surface area contributed by atoms with E-state index >= 15 is 0 Å². The summed E-state index contributed by atoms with van der Waals surface area (Å²) >= 11 is 0. The molecule has 1 rings (SSSR count). The van der Waals surface area contributed by atoms with Gasteiger partial charge in [-0.25, -0.2) is 4.79 Å². The maximum atomic E-state index is 11.7. The van der Waals surface area contributed by atoms with Crippen molar-refractivity contribution >= 4 is 5.97 Å². The zero-order valence-electron chi connectivity index (χ0n) is 12.1. The number of hydrogen-bond donors (Lipinski definition) is 1. The summed E-state index contributed by atoms with van der Waals surface area (Å²) in [5, 5.41) is 0. The normalized spacial score (nSPS) is 12.6. The zero-order chi connectivity index (χ0) is 14.4. The lowest BCUT2D eigenvalue weighted by Gasteiger charge is -2.17. The minimum Gasteiger partial charge on any atom is -0.475 e. The largest absolute Gasteiger partial charge is 0.475 e. The molecule has 1 aromatic carbocycles. The lowest BCUT2D eigenvalue weighted by Crippen LogP contribution is -2.32. The molecule has 1 atom stereocenters. The Kier molecular flexibility index (Phi) is 5.83. The summed E-state index contributed by atoms with van der Waals surface area (Å²) in [6.07, 6.45) is -0.348. The van der Waals surface area contributed by atoms with Crippen molar-refractivity contribution in [1.29, 1.82) is 0 Å². The van der Waals surface area contributed by atoms with E-state index in [0.29, 0.717) is 23.8 Å². The standard InChI is InChI=1S/C15H23NO3/c1-10(2)9-18-15(17)12-5-7-13(8-6-12)19-14(16)11(3)4/h5-8,10-11,14H,9,16H2,1-4H3. The van der Waals surface area contributed by atoms with Crippen LogP contribution in [-0.4, -0.2) is 18.8 Å². The number of benzene rings is 1. The number of carbonyl (C=O) groups excluding carboxylic acids is 1. The van der Waals surface area contributed by atoms with Crippen LogP contribution in [0.2, 0.25) is 0 Å². The van der Waals surface area contributed by atoms with Crippen LogP contribution < -0.4 is 10.5 Å². The first-order valence-electron chi connectivity index (χ1n) is 6.59. The van der Waals surface area contributed by atoms with Gasteiger partial charge in [0.15, 0.2) is 0 Å². The van der Waals surface area contributed by atoms with Gasteiger partial charge in [0.1, 0.15) is 12.0 Å². The number of rotatable bonds is 6. The molecule has 0 fully saturated rings. The summed E-state index contributed by atoms with van der Waals surface area (Å²) in [6, 6.07) is 6.83. The topological polar surface area (TPSA) is 61.5 Å². The van der Waals surface area contributed by atoms with Crippen LogP contribution in [0.3, 0.4) is 0 Å². The summed E-state index contributed by atoms with van der Waals surface area (Å²) in [5.41, 5.74) is 6.33. The molecule has 1 unspecified atom stereocenters. The molecule has 0 radical (unpaired) electrons. The Balaban J connectivity index is 2.58. The van der Waals surface area contributed by atoms with E-state index in [2.05, 4.69) is 0 Å². The Hall–Kier alpha value is -1.55. The van der Waals surface area contributed by atoms with E-state index in [1.54, 1.807) is 24.3 Å². The first-order valence-corrected chi connectivity index (χ1v) is 6.59. The Bertz CT molecular complexity index is 398. The molecular formula is C15H23NO3. The van der Waals surface area contributed by atoms with Gasteiger partial charge in [0.25, 0.3) is 0 Å². The first kappa shape index (κ1) is 15.5. The fourth-order valence-corrected chi connectivity index (χ4v) is 1.29. The second kappa shape index (κ2) is 7.14. The van der Waals surface area contributed by atoms with Gasteiger partial charge in [0, 0.05) is 5.92 Å². The maximum absolute atomic E-state index is 11.7. The monoisotopic (exact) mass is 265 g/mol. The van der Waals surface area contributed by atoms with Crippen molar-refractivity contribution < 1.29 is 14.3 Å². The molecule has 0 aliphatic rings. The summed E-state index contributed by atoms with van der Waals surface area (Å²) in [4.78, 5) is 11.7. The first-order chi connectivity index (χ1) is 8.90. The molecule has 0 bridgehead atoms. The average molecular weight is 265 g/mol. The molecule has 0 spiro atoms. The van der Waals surface area contributed by atoms with E-state index in [1.165, 1.54) is 0 Å². The van der Waals surface area contributed by atoms with Crippen LogP contribution >= 0.6 is 0 Å². The van der Waals surface area contributed by atoms with E-state index in [0.717, 1.165) is 0 Å². The van der Waals surface area contributed by atoms with Crippen LogP contribution in [0, 0.1) is 11.8 Å². The Morgan fingerprint density at radius 3 is 2.21 bits per heavy atom. The van der Waals surface area contributed by atoms with Crippen molar-refractivity contribution in [2.45, 2.75) is 33.9 Å². The van der Waals surface area contributed by atoms with Crippen molar-refractivity contribution in [2.24, 2.45) is 17.6 Å². The number of hydrogen-bond acceptors (Lipinski definition) is 4. The predicted molar refractivity (Wildman–Crippen MR) is 75.0 cm³/mol. The SMILES string of the molecule is CC(C)COC(=O)c1ccc(OC(N)C(C)C)cc1. The third-order valence-electron chi connectivity index (χ3n) is 2.57. The fourth-order valence-electron chi connectivity index (χ4n) is 1.29. The van der Waals surface area contributed by atoms with Gasteiger partial charge in [-0.15, -0.1) is 0 Å². The van der Waals surface area contributed by atoms with E-state index in [9.17, 15) is 4.79 Å². The zero-order valence-corrected chi connectivity index (χ0v) is 12.1. The summed E-state index contributed by atoms with van der Waals surface area (Å²) in [6.45, 7) is 8.40. The van der Waals surface area contributed by atoms with Crippen LogP contribution in [-0.2, 0) is 4.74 Å². The second-order valence-electron chi connectivity index (χ2n) is 5.34. The minimum atomic E-state index is -0.348. The van der Waals surface area contributed by atoms with Crippen molar-refractivity contribution in [3.8, 4) is 5.75 Å². The summed E-state index contributed by atoms with van der Waals surface area (Å²) in [7, 11) is 0. The third kappa shape index (κ3) is 5.30. The second-order valence-corrected chi connectivity index (χ2v) is 5.34. The molecular weight excluding hydrogens is 242 g/mol. The highest BCUT2D eigenvalue weighted by Crippen LogP contribution is 2.15. The third-order valence-corrected chi connectivity index (χ3v) is 2.57. The quantitative estimate of drug-likeness (QED) is 0.634. The van der Waals surface area contributed by atoms with Gasteiger partial charge >= 0.3 is 5.97 Å². The van der Waals surface area contributed by atoms with E-state index in [1.807, 2.05) is 27.7 Å². The van der Waals surface area contributed by atoms with Crippen LogP contribution in [0.4, 0.5) is 0 Å². The molecule has 106 valence electrons. The molecule has 19 heavy (non-hydrogen) atoms. The van der Waals surface area contributed by atoms with Gasteiger partial charge in [-0.3, -0.25) is 5.73 Å². The predicted octanol–water partition coefficient (Wildman–Crippen LogP) is 2.82. The van der Waals surface area contributed by atoms with Gasteiger partial charge in [-0.05, 0) is 30.2 Å². The average Bonchev–Trinajstić information content (AvgIpc) is 2.36. The van der Waals surface area contributed by atoms with E-state index in [4.69, 9.17) is 15.2 Å². The van der Waals surface area contributed by atoms with Crippen molar-refractivity contribution in [1.82, 2.24) is 0 Å². The Morgan fingerprint density at radius 2 is 1.74 bits per heavy atom. The fraction of sp³-hybridized carbons (Fsp3) is 0.533. The van der Waals surface area contributed by atoms with Crippen LogP contribution in [0.1, 0.15) is 38.1 Å². The molecule has 1 aromatic rings. The lowest BCUT2D eigenvalue weighted by molar-refractivity contribution is 0.0459. The Morgan fingerprint density at radius 1 is 1.16 bits per heavy atom. The molecule has 0 saturated carbocycles. The van der Waals surface area contributed by atoms with Gasteiger partial charge in [-0.1, -0.05) is 27.7 Å². The lowest BCUT2D eigenvalue weighted by atomic mass is 10.2. The Labute approximate surface area is 114 Å². The molecule has 0 aliphatic heterocycles. The molecule has 0 aliphatic carbocycles. The minimum absolute atomic E-state index is 0.232. The van der Waals surface area contributed by atoms with Crippen LogP contribution in [0.15, 0.2) is 24.3 Å². The van der Waals surface area contributed by atoms with Crippen LogP contribution in [0.25, 0.3) is 0 Å². The van der Waals surface area contributed by atoms with Crippen molar-refractivity contribution in [3.05, 3.63) is 29.8 Å². The van der Waals surface area contributed by atoms with Crippen molar-refractivity contribution in [2.75, 3.05) is 6.61 Å². The van der Waals surface area contributed by atoms with Gasteiger partial charge < -0.3 is 9.47 Å². The van der Waals surface area contributed by atoms with Gasteiger partial charge in [-0.2, -0.15) is 0 Å². The molecule has 0 aromatic heterocycles. The number of carbonyl (C=O) groups is 1. The van der Waals surface area contributed by atoms with E-state index < -0.39 is 0 Å². The summed E-state index contributed by atoms with van der Waals surface area (Å²) in [5.74, 6) is 0.904. The van der Waals surface area contributed by atoms with Gasteiger partial charge in [0.2, 0.25) is 0 Å². The van der Waals surface area contributed by atoms with Gasteiger partial charge in [0.05, 0.1) is 12.2 Å². The highest BCUT2D eigenvalue weighted by Gasteiger charge is 2.11. The number of esters is 1. The van der Waals surface area contributed by atoms with E-state index in [-0.39, 0.29) is 18.1 Å². The summed E-state index contributed by atoms with van der Waals surface area (Å²) < 4.78 is 10.7. The molecule has 4 nitrogen and oxygen atoms in total. The number of nitrogens with two attached hydrogens (primary N) is 1. The highest BCUT2D eigenvalue weighted by molar-refractivity contribution is 5.89. The molecule has 2 N–H and O–H groups in total. The smallest absolute Gasteiger partial charge is 0.338 e. The maximum Gasteiger partial charge on any atom is 0.338 e. The van der Waals surface area contributed by atoms with Crippen molar-refractivity contribution in [3.63, 3.8) is 0 Å². The molecule has 0 saturated heterocycles. The van der Waals surface area contributed by atoms with Crippen LogP contribution in [0.5, 0.6) is 5.75 Å². The molecule has 0 heterocycles. The molecule has 4 heteroatoms.